The van der Waals surface area contributed by atoms with Gasteiger partial charge in [0.1, 0.15) is 5.82 Å². The van der Waals surface area contributed by atoms with Crippen molar-refractivity contribution in [3.05, 3.63) is 30.1 Å². The average Bonchev–Trinajstić information content (AvgIpc) is 3.01. The van der Waals surface area contributed by atoms with E-state index in [1.165, 1.54) is 41.4 Å². The highest BCUT2D eigenvalue weighted by Crippen LogP contribution is 2.21. The smallest absolute Gasteiger partial charge is 0.230 e. The van der Waals surface area contributed by atoms with Gasteiger partial charge in [0, 0.05) is 12.1 Å². The van der Waals surface area contributed by atoms with Crippen molar-refractivity contribution in [3.63, 3.8) is 0 Å². The summed E-state index contributed by atoms with van der Waals surface area (Å²) in [5.41, 5.74) is 0.666. The van der Waals surface area contributed by atoms with Crippen molar-refractivity contribution in [2.75, 3.05) is 18.1 Å². The van der Waals surface area contributed by atoms with Gasteiger partial charge in [-0.1, -0.05) is 44.9 Å². The van der Waals surface area contributed by atoms with Crippen molar-refractivity contribution in [2.45, 2.75) is 44.7 Å². The van der Waals surface area contributed by atoms with Gasteiger partial charge in [0.2, 0.25) is 11.1 Å². The Morgan fingerprint density at radius 3 is 2.69 bits per heavy atom. The lowest BCUT2D eigenvalue weighted by molar-refractivity contribution is -0.118. The number of aromatic nitrogens is 3. The first kappa shape index (κ1) is 20.2. The second kappa shape index (κ2) is 10.2. The van der Waals surface area contributed by atoms with E-state index < -0.39 is 0 Å². The average molecular weight is 380 g/mol. The van der Waals surface area contributed by atoms with Crippen LogP contribution in [0.15, 0.2) is 29.4 Å². The molecule has 8 heteroatoms. The minimum Gasteiger partial charge on any atom is -0.355 e. The lowest BCUT2D eigenvalue weighted by Gasteiger charge is -2.15. The van der Waals surface area contributed by atoms with Crippen molar-refractivity contribution in [1.82, 2.24) is 20.2 Å². The molecule has 0 unspecified atom stereocenters. The van der Waals surface area contributed by atoms with E-state index in [0.29, 0.717) is 29.0 Å². The number of rotatable bonds is 10. The molecule has 0 aliphatic carbocycles. The highest BCUT2D eigenvalue weighted by atomic mass is 32.2. The van der Waals surface area contributed by atoms with Gasteiger partial charge in [-0.25, -0.2) is 9.07 Å². The first-order chi connectivity index (χ1) is 12.5. The predicted molar refractivity (Wildman–Crippen MR) is 103 cm³/mol. The van der Waals surface area contributed by atoms with Crippen LogP contribution in [0, 0.1) is 11.7 Å². The number of halogens is 1. The number of amides is 1. The minimum atomic E-state index is -0.326. The Kier molecular flexibility index (Phi) is 7.90. The Morgan fingerprint density at radius 2 is 2.04 bits per heavy atom. The van der Waals surface area contributed by atoms with Gasteiger partial charge in [0.15, 0.2) is 5.82 Å². The van der Waals surface area contributed by atoms with Crippen LogP contribution in [0.3, 0.4) is 0 Å². The predicted octanol–water partition coefficient (Wildman–Crippen LogP) is 3.22. The third-order valence-electron chi connectivity index (χ3n) is 4.23. The molecule has 1 atom stereocenters. The fourth-order valence-electron chi connectivity index (χ4n) is 2.55. The Morgan fingerprint density at radius 1 is 1.31 bits per heavy atom. The number of thioether (sulfide) groups is 1. The summed E-state index contributed by atoms with van der Waals surface area (Å²) in [6.45, 7) is 5.02. The summed E-state index contributed by atoms with van der Waals surface area (Å²) in [5, 5.41) is 11.5. The van der Waals surface area contributed by atoms with Crippen molar-refractivity contribution in [2.24, 2.45) is 5.92 Å². The van der Waals surface area contributed by atoms with Gasteiger partial charge in [0.25, 0.3) is 0 Å². The molecular formula is C18H26FN5OS. The second-order valence-corrected chi connectivity index (χ2v) is 7.13. The zero-order chi connectivity index (χ0) is 18.9. The van der Waals surface area contributed by atoms with Crippen LogP contribution >= 0.6 is 11.8 Å². The van der Waals surface area contributed by atoms with Crippen molar-refractivity contribution in [1.29, 1.82) is 0 Å². The summed E-state index contributed by atoms with van der Waals surface area (Å²) in [7, 11) is 0. The van der Waals surface area contributed by atoms with E-state index in [0.717, 1.165) is 12.8 Å². The van der Waals surface area contributed by atoms with E-state index >= 15 is 0 Å². The zero-order valence-corrected chi connectivity index (χ0v) is 16.1. The molecule has 142 valence electrons. The quantitative estimate of drug-likeness (QED) is 0.489. The molecule has 0 fully saturated rings. The van der Waals surface area contributed by atoms with Crippen molar-refractivity contribution < 1.29 is 9.18 Å². The van der Waals surface area contributed by atoms with Crippen LogP contribution in [-0.4, -0.2) is 33.1 Å². The van der Waals surface area contributed by atoms with Gasteiger partial charge in [0.05, 0.1) is 5.75 Å². The summed E-state index contributed by atoms with van der Waals surface area (Å²) in [5.74, 6) is 6.81. The van der Waals surface area contributed by atoms with E-state index in [9.17, 15) is 9.18 Å². The molecule has 1 aromatic heterocycles. The topological polar surface area (TPSA) is 85.8 Å². The first-order valence-corrected chi connectivity index (χ1v) is 9.89. The molecule has 0 saturated heterocycles. The highest BCUT2D eigenvalue weighted by molar-refractivity contribution is 7.99. The molecule has 0 aliphatic rings. The maximum atomic E-state index is 13.0. The molecule has 26 heavy (non-hydrogen) atoms. The number of nitrogen functional groups attached to an aromatic ring is 1. The molecular weight excluding hydrogens is 353 g/mol. The molecule has 3 N–H and O–H groups in total. The number of hydrogen-bond acceptors (Lipinski definition) is 5. The molecule has 0 bridgehead atoms. The van der Waals surface area contributed by atoms with Crippen LogP contribution in [0.2, 0.25) is 0 Å². The SMILES string of the molecule is CCCC[C@H](CC)CNC(=O)CSc1nnc(-c2ccc(F)cc2)n1N. The monoisotopic (exact) mass is 379 g/mol. The van der Waals surface area contributed by atoms with Gasteiger partial charge in [-0.05, 0) is 36.6 Å². The molecule has 0 radical (unpaired) electrons. The van der Waals surface area contributed by atoms with Crippen LogP contribution < -0.4 is 11.2 Å². The van der Waals surface area contributed by atoms with Gasteiger partial charge in [-0.2, -0.15) is 0 Å². The van der Waals surface area contributed by atoms with Crippen LogP contribution in [0.5, 0.6) is 0 Å². The maximum Gasteiger partial charge on any atom is 0.230 e. The van der Waals surface area contributed by atoms with E-state index in [2.05, 4.69) is 29.4 Å². The fraction of sp³-hybridized carbons (Fsp3) is 0.500. The first-order valence-electron chi connectivity index (χ1n) is 8.91. The summed E-state index contributed by atoms with van der Waals surface area (Å²) < 4.78 is 14.3. The number of benzene rings is 1. The Balaban J connectivity index is 1.86. The summed E-state index contributed by atoms with van der Waals surface area (Å²) in [6.07, 6.45) is 4.55. The highest BCUT2D eigenvalue weighted by Gasteiger charge is 2.14. The summed E-state index contributed by atoms with van der Waals surface area (Å²) >= 11 is 1.23. The maximum absolute atomic E-state index is 13.0. The van der Waals surface area contributed by atoms with E-state index in [4.69, 9.17) is 5.84 Å². The molecule has 0 aliphatic heterocycles. The van der Waals surface area contributed by atoms with E-state index in [1.807, 2.05) is 0 Å². The number of hydrogen-bond donors (Lipinski definition) is 2. The Hall–Kier alpha value is -2.09. The van der Waals surface area contributed by atoms with Gasteiger partial charge >= 0.3 is 0 Å². The molecule has 6 nitrogen and oxygen atoms in total. The lowest BCUT2D eigenvalue weighted by atomic mass is 9.99. The van der Waals surface area contributed by atoms with E-state index in [1.54, 1.807) is 12.1 Å². The van der Waals surface area contributed by atoms with Gasteiger partial charge in [-0.3, -0.25) is 4.79 Å². The number of nitrogens with zero attached hydrogens (tertiary/aromatic N) is 3. The molecule has 0 spiro atoms. The van der Waals surface area contributed by atoms with Gasteiger partial charge < -0.3 is 11.2 Å². The normalized spacial score (nSPS) is 12.1. The molecule has 2 aromatic rings. The fourth-order valence-corrected chi connectivity index (χ4v) is 3.24. The van der Waals surface area contributed by atoms with Crippen LogP contribution in [0.1, 0.15) is 39.5 Å². The van der Waals surface area contributed by atoms with E-state index in [-0.39, 0.29) is 17.5 Å². The van der Waals surface area contributed by atoms with Gasteiger partial charge in [-0.15, -0.1) is 10.2 Å². The number of carbonyl (C=O) groups excluding carboxylic acids is 1. The Bertz CT molecular complexity index is 704. The second-order valence-electron chi connectivity index (χ2n) is 6.19. The number of carbonyl (C=O) groups is 1. The largest absolute Gasteiger partial charge is 0.355 e. The number of nitrogens with two attached hydrogens (primary N) is 1. The van der Waals surface area contributed by atoms with Crippen LogP contribution in [0.25, 0.3) is 11.4 Å². The molecule has 1 amide bonds. The molecule has 2 rings (SSSR count). The van der Waals surface area contributed by atoms with Crippen molar-refractivity contribution >= 4 is 17.7 Å². The summed E-state index contributed by atoms with van der Waals surface area (Å²) in [4.78, 5) is 12.1. The molecule has 1 heterocycles. The standard InChI is InChI=1S/C18H26FN5OS/c1-3-5-6-13(4-2)11-21-16(25)12-26-18-23-22-17(24(18)20)14-7-9-15(19)10-8-14/h7-10,13H,3-6,11-12,20H2,1-2H3,(H,21,25)/t13-/m0/s1. The van der Waals surface area contributed by atoms with Crippen LogP contribution in [0.4, 0.5) is 4.39 Å². The number of unbranched alkanes of at least 4 members (excludes halogenated alkanes) is 1. The lowest BCUT2D eigenvalue weighted by Crippen LogP contribution is -2.30. The molecule has 1 aromatic carbocycles. The third kappa shape index (κ3) is 5.72. The van der Waals surface area contributed by atoms with Crippen LogP contribution in [-0.2, 0) is 4.79 Å². The third-order valence-corrected chi connectivity index (χ3v) is 5.17. The Labute approximate surface area is 157 Å². The molecule has 0 saturated carbocycles. The number of nitrogens with one attached hydrogen (secondary N) is 1. The minimum absolute atomic E-state index is 0.0451. The zero-order valence-electron chi connectivity index (χ0n) is 15.2. The summed E-state index contributed by atoms with van der Waals surface area (Å²) in [6, 6.07) is 5.86. The van der Waals surface area contributed by atoms with Crippen molar-refractivity contribution in [3.8, 4) is 11.4 Å².